The molecule has 15 rings (SSSR count). The number of rotatable bonds is 3. The Balaban J connectivity index is 1.04. The molecule has 14 aromatic rings. The standard InChI is InChI=1S/C61H37N3S2/c1-61(2)46-24-12-9-18-38(46)39-29-27-35(33-47(39)61)60-62-55(59-56(63-60)45-23-11-14-26-51(45)66-59)42-30-32-48(40-19-6-5-17-37(40)42)64-49-31-28-34-15-3-4-16-36(34)52(49)53-41-20-7-8-21-43(41)58-54(57(53)64)44-22-10-13-25-50(44)65-58/h3-33H,1-2H3. The van der Waals surface area contributed by atoms with Gasteiger partial charge in [-0.1, -0.05) is 172 Å². The molecule has 10 aromatic carbocycles. The van der Waals surface area contributed by atoms with Crippen LogP contribution in [0.3, 0.4) is 0 Å². The zero-order valence-corrected chi connectivity index (χ0v) is 37.7. The molecule has 0 fully saturated rings. The van der Waals surface area contributed by atoms with Gasteiger partial charge in [0.15, 0.2) is 5.82 Å². The highest BCUT2D eigenvalue weighted by atomic mass is 32.1. The minimum atomic E-state index is -0.137. The summed E-state index contributed by atoms with van der Waals surface area (Å²) in [5.41, 5.74) is 12.9. The van der Waals surface area contributed by atoms with Crippen molar-refractivity contribution in [3.63, 3.8) is 0 Å². The second kappa shape index (κ2) is 13.2. The van der Waals surface area contributed by atoms with E-state index in [4.69, 9.17) is 9.97 Å². The molecule has 0 saturated carbocycles. The van der Waals surface area contributed by atoms with Gasteiger partial charge in [0.05, 0.1) is 32.6 Å². The van der Waals surface area contributed by atoms with Gasteiger partial charge >= 0.3 is 0 Å². The molecule has 4 aromatic heterocycles. The fourth-order valence-electron chi connectivity index (χ4n) is 11.6. The lowest BCUT2D eigenvalue weighted by molar-refractivity contribution is 0.660. The SMILES string of the molecule is CC1(C)c2ccccc2-c2ccc(-c3nc(-c4ccc(-n5c6ccc7ccccc7c6c6c7ccccc7c7sc8ccccc8c7c65)c5ccccc45)c4sc5ccccc5c4n3)cc21. The quantitative estimate of drug-likeness (QED) is 0.177. The van der Waals surface area contributed by atoms with Gasteiger partial charge in [-0.05, 0) is 74.1 Å². The van der Waals surface area contributed by atoms with Crippen molar-refractivity contribution in [3.05, 3.63) is 199 Å². The number of aromatic nitrogens is 3. The maximum atomic E-state index is 5.63. The lowest BCUT2D eigenvalue weighted by Crippen LogP contribution is -2.15. The summed E-state index contributed by atoms with van der Waals surface area (Å²) in [7, 11) is 0. The van der Waals surface area contributed by atoms with Gasteiger partial charge in [0.2, 0.25) is 0 Å². The minimum Gasteiger partial charge on any atom is -0.308 e. The van der Waals surface area contributed by atoms with Crippen molar-refractivity contribution in [3.8, 4) is 39.5 Å². The van der Waals surface area contributed by atoms with Crippen LogP contribution in [-0.2, 0) is 5.41 Å². The molecule has 308 valence electrons. The maximum absolute atomic E-state index is 5.63. The number of hydrogen-bond donors (Lipinski definition) is 0. The summed E-state index contributed by atoms with van der Waals surface area (Å²) in [6.07, 6.45) is 0. The van der Waals surface area contributed by atoms with Gasteiger partial charge in [-0.25, -0.2) is 9.97 Å². The number of thiophene rings is 2. The summed E-state index contributed by atoms with van der Waals surface area (Å²) in [6.45, 7) is 4.68. The van der Waals surface area contributed by atoms with Gasteiger partial charge in [0.1, 0.15) is 0 Å². The average molecular weight is 876 g/mol. The van der Waals surface area contributed by atoms with E-state index in [9.17, 15) is 0 Å². The number of nitrogens with zero attached hydrogens (tertiary/aromatic N) is 3. The van der Waals surface area contributed by atoms with E-state index in [1.807, 2.05) is 11.3 Å². The van der Waals surface area contributed by atoms with E-state index in [0.29, 0.717) is 0 Å². The second-order valence-corrected chi connectivity index (χ2v) is 20.5. The smallest absolute Gasteiger partial charge is 0.160 e. The van der Waals surface area contributed by atoms with Gasteiger partial charge in [-0.2, -0.15) is 0 Å². The third-order valence-corrected chi connectivity index (χ3v) is 17.0. The van der Waals surface area contributed by atoms with Crippen molar-refractivity contribution in [2.24, 2.45) is 0 Å². The molecular weight excluding hydrogens is 839 g/mol. The van der Waals surface area contributed by atoms with Gasteiger partial charge in [0.25, 0.3) is 0 Å². The average Bonchev–Trinajstić information content (AvgIpc) is 4.11. The second-order valence-electron chi connectivity index (χ2n) is 18.4. The molecule has 4 heterocycles. The topological polar surface area (TPSA) is 30.7 Å². The lowest BCUT2D eigenvalue weighted by atomic mass is 9.82. The first-order valence-corrected chi connectivity index (χ1v) is 24.3. The Kier molecular flexibility index (Phi) is 7.32. The van der Waals surface area contributed by atoms with E-state index < -0.39 is 0 Å². The zero-order chi connectivity index (χ0) is 43.4. The van der Waals surface area contributed by atoms with Gasteiger partial charge in [-0.3, -0.25) is 0 Å². The summed E-state index contributed by atoms with van der Waals surface area (Å²) in [5, 5.41) is 13.8. The molecule has 0 unspecified atom stereocenters. The molecule has 0 radical (unpaired) electrons. The molecule has 0 amide bonds. The van der Waals surface area contributed by atoms with Crippen molar-refractivity contribution < 1.29 is 0 Å². The van der Waals surface area contributed by atoms with Crippen LogP contribution in [-0.4, -0.2) is 14.5 Å². The largest absolute Gasteiger partial charge is 0.308 e. The highest BCUT2D eigenvalue weighted by Crippen LogP contribution is 2.52. The van der Waals surface area contributed by atoms with E-state index in [1.165, 1.54) is 95.9 Å². The molecule has 3 nitrogen and oxygen atoms in total. The minimum absolute atomic E-state index is 0.137. The fourth-order valence-corrected chi connectivity index (χ4v) is 14.0. The first-order valence-electron chi connectivity index (χ1n) is 22.7. The first-order chi connectivity index (χ1) is 32.5. The van der Waals surface area contributed by atoms with Crippen LogP contribution in [0.1, 0.15) is 25.0 Å². The summed E-state index contributed by atoms with van der Waals surface area (Å²) >= 11 is 3.70. The molecule has 0 atom stereocenters. The Bertz CT molecular complexity index is 4450. The summed E-state index contributed by atoms with van der Waals surface area (Å²) < 4.78 is 7.53. The Hall–Kier alpha value is -7.70. The van der Waals surface area contributed by atoms with Crippen LogP contribution in [0.2, 0.25) is 0 Å². The molecule has 0 N–H and O–H groups in total. The van der Waals surface area contributed by atoms with E-state index in [0.717, 1.165) is 49.3 Å². The highest BCUT2D eigenvalue weighted by Gasteiger charge is 2.35. The molecule has 1 aliphatic carbocycles. The summed E-state index contributed by atoms with van der Waals surface area (Å²) in [5.74, 6) is 0.747. The lowest BCUT2D eigenvalue weighted by Gasteiger charge is -2.21. The number of fused-ring (bicyclic) bond motifs is 19. The predicted molar refractivity (Wildman–Crippen MR) is 283 cm³/mol. The van der Waals surface area contributed by atoms with Crippen molar-refractivity contribution in [2.45, 2.75) is 19.3 Å². The zero-order valence-electron chi connectivity index (χ0n) is 36.1. The van der Waals surface area contributed by atoms with E-state index in [1.54, 1.807) is 11.3 Å². The van der Waals surface area contributed by atoms with E-state index in [2.05, 4.69) is 206 Å². The van der Waals surface area contributed by atoms with Crippen LogP contribution < -0.4 is 0 Å². The van der Waals surface area contributed by atoms with Gasteiger partial charge in [-0.15, -0.1) is 22.7 Å². The Morgan fingerprint density at radius 1 is 0.439 bits per heavy atom. The fraction of sp³-hybridized carbons (Fsp3) is 0.0492. The van der Waals surface area contributed by atoms with Crippen molar-refractivity contribution in [2.75, 3.05) is 0 Å². The molecule has 5 heteroatoms. The van der Waals surface area contributed by atoms with Crippen LogP contribution in [0, 0.1) is 0 Å². The van der Waals surface area contributed by atoms with E-state index >= 15 is 0 Å². The third-order valence-electron chi connectivity index (χ3n) is 14.6. The van der Waals surface area contributed by atoms with Crippen LogP contribution in [0.25, 0.3) is 134 Å². The van der Waals surface area contributed by atoms with Crippen LogP contribution in [0.15, 0.2) is 188 Å². The van der Waals surface area contributed by atoms with E-state index in [-0.39, 0.29) is 5.41 Å². The molecular formula is C61H37N3S2. The van der Waals surface area contributed by atoms with Gasteiger partial charge < -0.3 is 4.57 Å². The molecule has 0 saturated heterocycles. The first kappa shape index (κ1) is 36.6. The monoisotopic (exact) mass is 875 g/mol. The van der Waals surface area contributed by atoms with Crippen molar-refractivity contribution >= 4 is 117 Å². The molecule has 0 bridgehead atoms. The Morgan fingerprint density at radius 3 is 1.92 bits per heavy atom. The molecule has 1 aliphatic rings. The Morgan fingerprint density at radius 2 is 1.08 bits per heavy atom. The normalized spacial score (nSPS) is 13.4. The predicted octanol–water partition coefficient (Wildman–Crippen LogP) is 17.4. The number of hydrogen-bond acceptors (Lipinski definition) is 4. The molecule has 0 aliphatic heterocycles. The van der Waals surface area contributed by atoms with Gasteiger partial charge in [0, 0.05) is 68.3 Å². The van der Waals surface area contributed by atoms with Crippen LogP contribution in [0.5, 0.6) is 0 Å². The summed E-state index contributed by atoms with van der Waals surface area (Å²) in [6, 6.07) is 69.6. The molecule has 0 spiro atoms. The van der Waals surface area contributed by atoms with Crippen molar-refractivity contribution in [1.82, 2.24) is 14.5 Å². The Labute approximate surface area is 387 Å². The maximum Gasteiger partial charge on any atom is 0.160 e. The van der Waals surface area contributed by atoms with Crippen molar-refractivity contribution in [1.29, 1.82) is 0 Å². The highest BCUT2D eigenvalue weighted by molar-refractivity contribution is 7.27. The molecule has 66 heavy (non-hydrogen) atoms. The third kappa shape index (κ3) is 4.80. The summed E-state index contributed by atoms with van der Waals surface area (Å²) in [4.78, 5) is 11.1. The van der Waals surface area contributed by atoms with Crippen LogP contribution in [0.4, 0.5) is 0 Å². The number of benzene rings is 10. The van der Waals surface area contributed by atoms with Crippen LogP contribution >= 0.6 is 22.7 Å².